The number of aromatic nitrogens is 1. The fraction of sp³-hybridized carbons (Fsp3) is 0.261. The Labute approximate surface area is 185 Å². The first-order chi connectivity index (χ1) is 14.8. The van der Waals surface area contributed by atoms with Gasteiger partial charge in [-0.1, -0.05) is 11.6 Å². The molecule has 0 bridgehead atoms. The molecule has 0 saturated heterocycles. The zero-order chi connectivity index (χ0) is 22.4. The predicted molar refractivity (Wildman–Crippen MR) is 118 cm³/mol. The molecule has 3 rings (SSSR count). The molecule has 164 valence electrons. The normalized spacial score (nSPS) is 12.8. The minimum atomic E-state index is -1.37. The van der Waals surface area contributed by atoms with E-state index >= 15 is 0 Å². The molecule has 31 heavy (non-hydrogen) atoms. The van der Waals surface area contributed by atoms with Crippen molar-refractivity contribution in [2.45, 2.75) is 19.1 Å². The molecule has 0 amide bonds. The lowest BCUT2D eigenvalue weighted by Gasteiger charge is -2.21. The van der Waals surface area contributed by atoms with E-state index in [9.17, 15) is 9.90 Å². The van der Waals surface area contributed by atoms with Gasteiger partial charge >= 0.3 is 0 Å². The summed E-state index contributed by atoms with van der Waals surface area (Å²) in [5.41, 5.74) is -0.274. The largest absolute Gasteiger partial charge is 0.493 e. The lowest BCUT2D eigenvalue weighted by molar-refractivity contribution is -0.0329. The Bertz CT molecular complexity index is 1080. The van der Waals surface area contributed by atoms with Crippen molar-refractivity contribution in [2.75, 3.05) is 20.3 Å². The fourth-order valence-corrected chi connectivity index (χ4v) is 2.85. The Morgan fingerprint density at radius 3 is 2.42 bits per heavy atom. The van der Waals surface area contributed by atoms with Gasteiger partial charge in [0.05, 0.1) is 19.4 Å². The van der Waals surface area contributed by atoms with Gasteiger partial charge in [0.15, 0.2) is 11.5 Å². The first-order valence-corrected chi connectivity index (χ1v) is 9.93. The minimum absolute atomic E-state index is 0.110. The van der Waals surface area contributed by atoms with E-state index in [4.69, 9.17) is 30.9 Å². The van der Waals surface area contributed by atoms with Gasteiger partial charge in [-0.2, -0.15) is 0 Å². The summed E-state index contributed by atoms with van der Waals surface area (Å²) in [6.07, 6.45) is 1.66. The molecule has 2 aromatic carbocycles. The van der Waals surface area contributed by atoms with Gasteiger partial charge < -0.3 is 24.4 Å². The molecule has 1 atom stereocenters. The first kappa shape index (κ1) is 22.7. The molecule has 8 heteroatoms. The van der Waals surface area contributed by atoms with Crippen molar-refractivity contribution in [3.63, 3.8) is 0 Å². The van der Waals surface area contributed by atoms with Crippen molar-refractivity contribution in [3.8, 4) is 22.9 Å². The highest BCUT2D eigenvalue weighted by atomic mass is 35.5. The zero-order valence-corrected chi connectivity index (χ0v) is 18.0. The second-order valence-corrected chi connectivity index (χ2v) is 7.70. The topological polar surface area (TPSA) is 90.2 Å². The summed E-state index contributed by atoms with van der Waals surface area (Å²) in [6.45, 7) is 1.17. The number of hydrogen-bond acceptors (Lipinski definition) is 6. The van der Waals surface area contributed by atoms with Crippen LogP contribution >= 0.6 is 11.6 Å². The maximum atomic E-state index is 12.6. The van der Waals surface area contributed by atoms with Gasteiger partial charge in [0.2, 0.25) is 0 Å². The minimum Gasteiger partial charge on any atom is -0.493 e. The lowest BCUT2D eigenvalue weighted by Crippen LogP contribution is -2.36. The van der Waals surface area contributed by atoms with Gasteiger partial charge in [0.1, 0.15) is 24.6 Å². The van der Waals surface area contributed by atoms with Crippen LogP contribution in [0.1, 0.15) is 12.5 Å². The Balaban J connectivity index is 1.74. The van der Waals surface area contributed by atoms with E-state index in [1.54, 1.807) is 54.7 Å². The smallest absolute Gasteiger partial charge is 0.255 e. The summed E-state index contributed by atoms with van der Waals surface area (Å²) in [7, 11) is 1.48. The third-order valence-corrected chi connectivity index (χ3v) is 4.76. The average molecular weight is 446 g/mol. The van der Waals surface area contributed by atoms with Crippen LogP contribution in [-0.2, 0) is 6.61 Å². The molecule has 0 aliphatic heterocycles. The molecule has 0 spiro atoms. The SMILES string of the molecule is COc1cc(-n2ccc(COc3ccc(Cl)cc3)cc2=O)ccc1OCC(C)(O)CO. The van der Waals surface area contributed by atoms with Crippen molar-refractivity contribution in [3.05, 3.63) is 81.7 Å². The van der Waals surface area contributed by atoms with Crippen LogP contribution in [0.5, 0.6) is 17.2 Å². The number of aliphatic hydroxyl groups is 2. The van der Waals surface area contributed by atoms with Crippen LogP contribution in [-0.4, -0.2) is 40.7 Å². The van der Waals surface area contributed by atoms with Crippen molar-refractivity contribution in [1.82, 2.24) is 4.57 Å². The molecule has 3 aromatic rings. The summed E-state index contributed by atoms with van der Waals surface area (Å²) in [6, 6.07) is 15.3. The number of rotatable bonds is 9. The molecule has 0 saturated carbocycles. The number of pyridine rings is 1. The van der Waals surface area contributed by atoms with E-state index in [1.807, 2.05) is 0 Å². The molecule has 0 aliphatic rings. The summed E-state index contributed by atoms with van der Waals surface area (Å²) >= 11 is 5.86. The summed E-state index contributed by atoms with van der Waals surface area (Å²) in [5.74, 6) is 1.45. The Morgan fingerprint density at radius 1 is 1.03 bits per heavy atom. The molecule has 1 unspecified atom stereocenters. The van der Waals surface area contributed by atoms with Crippen LogP contribution in [0.25, 0.3) is 5.69 Å². The summed E-state index contributed by atoms with van der Waals surface area (Å²) < 4.78 is 18.1. The maximum Gasteiger partial charge on any atom is 0.255 e. The van der Waals surface area contributed by atoms with Crippen molar-refractivity contribution >= 4 is 11.6 Å². The van der Waals surface area contributed by atoms with Crippen LogP contribution in [0.15, 0.2) is 65.6 Å². The molecule has 0 fully saturated rings. The van der Waals surface area contributed by atoms with Crippen molar-refractivity contribution in [1.29, 1.82) is 0 Å². The fourth-order valence-electron chi connectivity index (χ4n) is 2.72. The van der Waals surface area contributed by atoms with E-state index in [0.717, 1.165) is 5.56 Å². The van der Waals surface area contributed by atoms with Gasteiger partial charge in [-0.15, -0.1) is 0 Å². The van der Waals surface area contributed by atoms with Gasteiger partial charge in [-0.05, 0) is 55.0 Å². The zero-order valence-electron chi connectivity index (χ0n) is 17.2. The molecular formula is C23H24ClNO6. The van der Waals surface area contributed by atoms with Crippen LogP contribution in [0.2, 0.25) is 5.02 Å². The van der Waals surface area contributed by atoms with E-state index in [-0.39, 0.29) is 18.8 Å². The predicted octanol–water partition coefficient (Wildman–Crippen LogP) is 3.20. The second-order valence-electron chi connectivity index (χ2n) is 7.26. The van der Waals surface area contributed by atoms with E-state index in [0.29, 0.717) is 28.0 Å². The second kappa shape index (κ2) is 9.87. The van der Waals surface area contributed by atoms with Gasteiger partial charge in [-0.25, -0.2) is 0 Å². The number of ether oxygens (including phenoxy) is 3. The number of halogens is 1. The molecule has 2 N–H and O–H groups in total. The third kappa shape index (κ3) is 6.01. The Hall–Kier alpha value is -3.00. The van der Waals surface area contributed by atoms with E-state index < -0.39 is 12.2 Å². The van der Waals surface area contributed by atoms with Crippen LogP contribution in [0.4, 0.5) is 0 Å². The Morgan fingerprint density at radius 2 is 1.77 bits per heavy atom. The number of methoxy groups -OCH3 is 1. The molecule has 0 aliphatic carbocycles. The number of hydrogen-bond donors (Lipinski definition) is 2. The maximum absolute atomic E-state index is 12.6. The number of benzene rings is 2. The monoisotopic (exact) mass is 445 g/mol. The number of nitrogens with zero attached hydrogens (tertiary/aromatic N) is 1. The Kier molecular flexibility index (Phi) is 7.22. The quantitative estimate of drug-likeness (QED) is 0.525. The van der Waals surface area contributed by atoms with Crippen LogP contribution in [0.3, 0.4) is 0 Å². The van der Waals surface area contributed by atoms with Gasteiger partial charge in [0, 0.05) is 23.4 Å². The molecule has 1 heterocycles. The molecule has 0 radical (unpaired) electrons. The lowest BCUT2D eigenvalue weighted by atomic mass is 10.1. The van der Waals surface area contributed by atoms with E-state index in [1.165, 1.54) is 24.7 Å². The summed E-state index contributed by atoms with van der Waals surface area (Å²) in [4.78, 5) is 12.6. The van der Waals surface area contributed by atoms with Crippen LogP contribution < -0.4 is 19.8 Å². The highest BCUT2D eigenvalue weighted by Gasteiger charge is 2.21. The number of aliphatic hydroxyl groups excluding tert-OH is 1. The van der Waals surface area contributed by atoms with Crippen LogP contribution in [0, 0.1) is 0 Å². The highest BCUT2D eigenvalue weighted by molar-refractivity contribution is 6.30. The average Bonchev–Trinajstić information content (AvgIpc) is 2.77. The standard InChI is InChI=1S/C23H24ClNO6/c1-23(28,14-26)15-31-20-8-5-18(12-21(20)29-2)25-10-9-16(11-22(25)27)13-30-19-6-3-17(24)4-7-19/h3-12,26,28H,13-15H2,1-2H3. The van der Waals surface area contributed by atoms with Gasteiger partial charge in [0.25, 0.3) is 5.56 Å². The molecule has 1 aromatic heterocycles. The highest BCUT2D eigenvalue weighted by Crippen LogP contribution is 2.30. The molecule has 7 nitrogen and oxygen atoms in total. The van der Waals surface area contributed by atoms with Crippen molar-refractivity contribution in [2.24, 2.45) is 0 Å². The van der Waals surface area contributed by atoms with Crippen molar-refractivity contribution < 1.29 is 24.4 Å². The van der Waals surface area contributed by atoms with E-state index in [2.05, 4.69) is 0 Å². The third-order valence-electron chi connectivity index (χ3n) is 4.51. The summed E-state index contributed by atoms with van der Waals surface area (Å²) in [5, 5.41) is 19.7. The molecular weight excluding hydrogens is 422 g/mol. The first-order valence-electron chi connectivity index (χ1n) is 9.56. The van der Waals surface area contributed by atoms with Gasteiger partial charge in [-0.3, -0.25) is 9.36 Å².